The zero-order valence-corrected chi connectivity index (χ0v) is 15.3. The predicted octanol–water partition coefficient (Wildman–Crippen LogP) is 4.32. The lowest BCUT2D eigenvalue weighted by molar-refractivity contribution is 0.288. The van der Waals surface area contributed by atoms with Crippen LogP contribution in [0.3, 0.4) is 0 Å². The zero-order chi connectivity index (χ0) is 18.6. The molecule has 0 amide bonds. The molecule has 1 aromatic heterocycles. The number of allylic oxidation sites excluding steroid dienone is 1. The average molecular weight is 353 g/mol. The minimum atomic E-state index is -0.458. The lowest BCUT2D eigenvalue weighted by atomic mass is 9.91. The van der Waals surface area contributed by atoms with Crippen LogP contribution in [-0.2, 0) is 5.41 Å². The van der Waals surface area contributed by atoms with Gasteiger partial charge in [0.25, 0.3) is 0 Å². The van der Waals surface area contributed by atoms with Gasteiger partial charge in [-0.05, 0) is 41.7 Å². The Morgan fingerprint density at radius 2 is 1.88 bits per heavy atom. The number of rotatable bonds is 3. The van der Waals surface area contributed by atoms with E-state index in [9.17, 15) is 9.50 Å². The number of aromatic nitrogens is 1. The highest BCUT2D eigenvalue weighted by atomic mass is 19.1. The van der Waals surface area contributed by atoms with E-state index in [4.69, 9.17) is 5.73 Å². The minimum absolute atomic E-state index is 0.0411. The highest BCUT2D eigenvalue weighted by Gasteiger charge is 2.47. The molecule has 1 saturated carbocycles. The first-order valence-electron chi connectivity index (χ1n) is 8.96. The predicted molar refractivity (Wildman–Crippen MR) is 100 cm³/mol. The fourth-order valence-corrected chi connectivity index (χ4v) is 3.59. The molecular weight excluding hydrogens is 329 g/mol. The van der Waals surface area contributed by atoms with Gasteiger partial charge in [0.15, 0.2) is 0 Å². The molecule has 0 radical (unpaired) electrons. The molecule has 1 aliphatic carbocycles. The third-order valence-electron chi connectivity index (χ3n) is 5.35. The lowest BCUT2D eigenvalue weighted by Crippen LogP contribution is -2.36. The number of pyridine rings is 1. The maximum absolute atomic E-state index is 13.6. The Morgan fingerprint density at radius 1 is 1.15 bits per heavy atom. The van der Waals surface area contributed by atoms with Gasteiger partial charge in [-0.15, -0.1) is 0 Å². The van der Waals surface area contributed by atoms with Crippen LogP contribution in [-0.4, -0.2) is 10.1 Å². The maximum Gasteiger partial charge on any atom is 0.146 e. The van der Waals surface area contributed by atoms with Gasteiger partial charge in [0.2, 0.25) is 0 Å². The molecule has 2 unspecified atom stereocenters. The van der Waals surface area contributed by atoms with Crippen molar-refractivity contribution in [2.75, 3.05) is 5.73 Å². The Balaban J connectivity index is 1.47. The molecule has 2 heterocycles. The van der Waals surface area contributed by atoms with Crippen LogP contribution in [0.2, 0.25) is 0 Å². The van der Waals surface area contributed by atoms with Crippen LogP contribution in [0, 0.1) is 11.7 Å². The molecular formula is C21H24FN3O. The largest absolute Gasteiger partial charge is 0.508 e. The first kappa shape index (κ1) is 16.9. The normalized spacial score (nSPS) is 24.8. The average Bonchev–Trinajstić information content (AvgIpc) is 3.36. The van der Waals surface area contributed by atoms with Gasteiger partial charge in [-0.3, -0.25) is 4.98 Å². The fraction of sp³-hybridized carbons (Fsp3) is 0.381. The summed E-state index contributed by atoms with van der Waals surface area (Å²) in [7, 11) is 0. The number of hydrogen-bond acceptors (Lipinski definition) is 4. The van der Waals surface area contributed by atoms with Crippen LogP contribution < -0.4 is 11.1 Å². The number of anilines is 1. The molecule has 1 aliphatic heterocycles. The summed E-state index contributed by atoms with van der Waals surface area (Å²) in [5, 5.41) is 13.7. The number of aliphatic hydroxyl groups excluding tert-OH is 1. The van der Waals surface area contributed by atoms with E-state index in [1.807, 2.05) is 6.20 Å². The number of hydrogen-bond donors (Lipinski definition) is 3. The van der Waals surface area contributed by atoms with Crippen molar-refractivity contribution in [3.05, 3.63) is 70.6 Å². The second-order valence-corrected chi connectivity index (χ2v) is 8.33. The van der Waals surface area contributed by atoms with E-state index in [0.717, 1.165) is 17.8 Å². The number of halogens is 1. The summed E-state index contributed by atoms with van der Waals surface area (Å²) in [6.45, 7) is 6.45. The smallest absolute Gasteiger partial charge is 0.146 e. The van der Waals surface area contributed by atoms with E-state index in [1.165, 1.54) is 17.7 Å². The highest BCUT2D eigenvalue weighted by molar-refractivity contribution is 5.46. The molecule has 4 rings (SSSR count). The van der Waals surface area contributed by atoms with Crippen molar-refractivity contribution in [1.82, 2.24) is 10.3 Å². The third kappa shape index (κ3) is 2.81. The van der Waals surface area contributed by atoms with Gasteiger partial charge in [0.1, 0.15) is 17.6 Å². The number of nitrogens with two attached hydrogens (primary N) is 1. The first-order valence-corrected chi connectivity index (χ1v) is 8.96. The van der Waals surface area contributed by atoms with Crippen LogP contribution >= 0.6 is 0 Å². The molecule has 0 saturated heterocycles. The van der Waals surface area contributed by atoms with E-state index in [0.29, 0.717) is 17.2 Å². The second-order valence-electron chi connectivity index (χ2n) is 8.33. The molecule has 3 atom stereocenters. The number of nitrogens with zero attached hydrogens (tertiary/aromatic N) is 1. The minimum Gasteiger partial charge on any atom is -0.508 e. The van der Waals surface area contributed by atoms with Crippen LogP contribution in [0.1, 0.15) is 56.0 Å². The van der Waals surface area contributed by atoms with Crippen LogP contribution in [0.4, 0.5) is 10.1 Å². The van der Waals surface area contributed by atoms with Crippen molar-refractivity contribution >= 4 is 5.69 Å². The van der Waals surface area contributed by atoms with Gasteiger partial charge < -0.3 is 16.2 Å². The molecule has 0 bridgehead atoms. The van der Waals surface area contributed by atoms with Crippen LogP contribution in [0.5, 0.6) is 0 Å². The molecule has 26 heavy (non-hydrogen) atoms. The Bertz CT molecular complexity index is 883. The van der Waals surface area contributed by atoms with Gasteiger partial charge in [0, 0.05) is 23.2 Å². The molecule has 5 heteroatoms. The molecule has 0 spiro atoms. The third-order valence-corrected chi connectivity index (χ3v) is 5.35. The second kappa shape index (κ2) is 5.73. The van der Waals surface area contributed by atoms with Gasteiger partial charge in [-0.2, -0.15) is 0 Å². The van der Waals surface area contributed by atoms with Crippen LogP contribution in [0.15, 0.2) is 48.0 Å². The van der Waals surface area contributed by atoms with Crippen molar-refractivity contribution in [3.8, 4) is 0 Å². The van der Waals surface area contributed by atoms with Crippen molar-refractivity contribution in [3.63, 3.8) is 0 Å². The first-order chi connectivity index (χ1) is 12.3. The van der Waals surface area contributed by atoms with Crippen molar-refractivity contribution in [1.29, 1.82) is 0 Å². The Morgan fingerprint density at radius 3 is 2.46 bits per heavy atom. The quantitative estimate of drug-likeness (QED) is 0.719. The van der Waals surface area contributed by atoms with E-state index < -0.39 is 5.82 Å². The Hall–Kier alpha value is -2.56. The Labute approximate surface area is 153 Å². The standard InChI is InChI=1S/C21H24FN3O/c1-21(2,3)17-7-5-12(10-24-17)13-9-14(13)19-20(26)18(25-19)11-4-6-16(23)15(22)8-11/h4-8,10,13-14,18,25-26H,9,23H2,1-3H3/t13?,14?,18-/m0/s1. The molecule has 4 N–H and O–H groups in total. The van der Waals surface area contributed by atoms with E-state index in [2.05, 4.69) is 43.2 Å². The number of nitrogen functional groups attached to an aromatic ring is 1. The molecule has 1 aromatic carbocycles. The maximum atomic E-state index is 13.6. The summed E-state index contributed by atoms with van der Waals surface area (Å²) in [5.74, 6) is 0.512. The molecule has 2 aliphatic rings. The lowest BCUT2D eigenvalue weighted by Gasteiger charge is -2.33. The monoisotopic (exact) mass is 353 g/mol. The summed E-state index contributed by atoms with van der Waals surface area (Å²) in [5.41, 5.74) is 9.51. The van der Waals surface area contributed by atoms with E-state index >= 15 is 0 Å². The highest BCUT2D eigenvalue weighted by Crippen LogP contribution is 2.55. The SMILES string of the molecule is CC(C)(C)c1ccc(C2CC2C2=C(O)[C@H](c3ccc(N)c(F)c3)N2)cn1. The van der Waals surface area contributed by atoms with Crippen molar-refractivity contribution in [2.24, 2.45) is 5.92 Å². The van der Waals surface area contributed by atoms with Crippen molar-refractivity contribution in [2.45, 2.75) is 44.6 Å². The number of aliphatic hydroxyl groups is 1. The van der Waals surface area contributed by atoms with Gasteiger partial charge in [-0.1, -0.05) is 32.9 Å². The Kier molecular flexibility index (Phi) is 3.72. The topological polar surface area (TPSA) is 71.2 Å². The summed E-state index contributed by atoms with van der Waals surface area (Å²) in [6.07, 6.45) is 2.94. The summed E-state index contributed by atoms with van der Waals surface area (Å²) in [4.78, 5) is 4.60. The summed E-state index contributed by atoms with van der Waals surface area (Å²) >= 11 is 0. The molecule has 136 valence electrons. The van der Waals surface area contributed by atoms with Gasteiger partial charge in [-0.25, -0.2) is 4.39 Å². The van der Waals surface area contributed by atoms with Crippen molar-refractivity contribution < 1.29 is 9.50 Å². The van der Waals surface area contributed by atoms with Gasteiger partial charge >= 0.3 is 0 Å². The van der Waals surface area contributed by atoms with Gasteiger partial charge in [0.05, 0.1) is 11.4 Å². The van der Waals surface area contributed by atoms with E-state index in [-0.39, 0.29) is 23.1 Å². The van der Waals surface area contributed by atoms with Crippen LogP contribution in [0.25, 0.3) is 0 Å². The molecule has 4 nitrogen and oxygen atoms in total. The summed E-state index contributed by atoms with van der Waals surface area (Å²) in [6, 6.07) is 8.53. The molecule has 2 aromatic rings. The van der Waals surface area contributed by atoms with E-state index in [1.54, 1.807) is 6.07 Å². The number of nitrogens with one attached hydrogen (secondary N) is 1. The number of benzene rings is 1. The zero-order valence-electron chi connectivity index (χ0n) is 15.3. The fourth-order valence-electron chi connectivity index (χ4n) is 3.59. The summed E-state index contributed by atoms with van der Waals surface area (Å²) < 4.78 is 13.6. The molecule has 1 fully saturated rings.